The number of rotatable bonds is 3. The van der Waals surface area contributed by atoms with E-state index in [0.29, 0.717) is 5.88 Å². The quantitative estimate of drug-likeness (QED) is 0.702. The number of hydrogen-bond donors (Lipinski definition) is 0. The van der Waals surface area contributed by atoms with Crippen LogP contribution in [0.15, 0.2) is 22.7 Å². The molecule has 110 valence electrons. The molecule has 1 heterocycles. The summed E-state index contributed by atoms with van der Waals surface area (Å²) in [6.45, 7) is 0.821. The third-order valence-corrected chi connectivity index (χ3v) is 5.34. The molecule has 2 aliphatic rings. The van der Waals surface area contributed by atoms with Crippen molar-refractivity contribution in [2.45, 2.75) is 56.1 Å². The summed E-state index contributed by atoms with van der Waals surface area (Å²) in [7, 11) is 0. The van der Waals surface area contributed by atoms with Gasteiger partial charge < -0.3 is 9.47 Å². The van der Waals surface area contributed by atoms with E-state index in [1.54, 1.807) is 0 Å². The normalized spacial score (nSPS) is 25.0. The first-order chi connectivity index (χ1) is 9.71. The fraction of sp³-hybridized carbons (Fsp3) is 0.625. The molecule has 0 radical (unpaired) electrons. The predicted molar refractivity (Wildman–Crippen MR) is 84.5 cm³/mol. The van der Waals surface area contributed by atoms with Crippen LogP contribution in [0, 0.1) is 0 Å². The molecule has 1 aliphatic heterocycles. The Hall–Kier alpha value is -0.250. The molecule has 1 aliphatic carbocycles. The molecule has 1 atom stereocenters. The summed E-state index contributed by atoms with van der Waals surface area (Å²) in [5, 5.41) is 0. The van der Waals surface area contributed by atoms with Gasteiger partial charge in [0.1, 0.15) is 11.9 Å². The van der Waals surface area contributed by atoms with Crippen molar-refractivity contribution in [1.29, 1.82) is 0 Å². The molecule has 1 saturated carbocycles. The standard InChI is InChI=1S/C16H20BrClO2/c17-14-9-12(11-18)3-4-15(14)20-13-5-8-19-16(10-13)6-1-2-7-16/h3-4,9,13H,1-2,5-8,10-11H2. The van der Waals surface area contributed by atoms with Gasteiger partial charge in [-0.3, -0.25) is 0 Å². The molecule has 3 rings (SSSR count). The van der Waals surface area contributed by atoms with Gasteiger partial charge in [-0.15, -0.1) is 11.6 Å². The third kappa shape index (κ3) is 3.15. The van der Waals surface area contributed by atoms with Gasteiger partial charge in [-0.05, 0) is 46.5 Å². The van der Waals surface area contributed by atoms with Gasteiger partial charge in [0.15, 0.2) is 0 Å². The van der Waals surface area contributed by atoms with Crippen molar-refractivity contribution in [2.75, 3.05) is 6.61 Å². The van der Waals surface area contributed by atoms with Crippen molar-refractivity contribution < 1.29 is 9.47 Å². The maximum atomic E-state index is 6.20. The SMILES string of the molecule is ClCc1ccc(OC2CCOC3(CCCC3)C2)c(Br)c1. The number of ether oxygens (including phenoxy) is 2. The molecule has 20 heavy (non-hydrogen) atoms. The Kier molecular flexibility index (Phi) is 4.58. The van der Waals surface area contributed by atoms with Crippen molar-refractivity contribution in [1.82, 2.24) is 0 Å². The summed E-state index contributed by atoms with van der Waals surface area (Å²) in [5.41, 5.74) is 1.20. The second kappa shape index (κ2) is 6.25. The van der Waals surface area contributed by atoms with E-state index in [0.717, 1.165) is 35.2 Å². The highest BCUT2D eigenvalue weighted by Crippen LogP contribution is 2.41. The van der Waals surface area contributed by atoms with E-state index in [1.807, 2.05) is 18.2 Å². The fourth-order valence-electron chi connectivity index (χ4n) is 3.35. The molecule has 2 nitrogen and oxygen atoms in total. The molecular formula is C16H20BrClO2. The number of alkyl halides is 1. The Labute approximate surface area is 133 Å². The molecule has 0 N–H and O–H groups in total. The molecule has 4 heteroatoms. The van der Waals surface area contributed by atoms with Crippen LogP contribution >= 0.6 is 27.5 Å². The van der Waals surface area contributed by atoms with E-state index in [-0.39, 0.29) is 11.7 Å². The summed E-state index contributed by atoms with van der Waals surface area (Å²) in [4.78, 5) is 0. The minimum atomic E-state index is 0.103. The zero-order valence-corrected chi connectivity index (χ0v) is 13.9. The van der Waals surface area contributed by atoms with Gasteiger partial charge in [0, 0.05) is 18.7 Å². The first kappa shape index (κ1) is 14.7. The lowest BCUT2D eigenvalue weighted by molar-refractivity contribution is -0.108. The molecule has 2 fully saturated rings. The monoisotopic (exact) mass is 358 g/mol. The number of benzene rings is 1. The molecule has 0 aromatic heterocycles. The largest absolute Gasteiger partial charge is 0.489 e. The van der Waals surface area contributed by atoms with Crippen molar-refractivity contribution in [3.63, 3.8) is 0 Å². The summed E-state index contributed by atoms with van der Waals surface area (Å²) < 4.78 is 13.2. The molecule has 0 amide bonds. The second-order valence-corrected chi connectivity index (χ2v) is 6.99. The first-order valence-corrected chi connectivity index (χ1v) is 8.69. The van der Waals surface area contributed by atoms with Gasteiger partial charge in [-0.1, -0.05) is 18.9 Å². The van der Waals surface area contributed by atoms with Crippen molar-refractivity contribution in [3.05, 3.63) is 28.2 Å². The van der Waals surface area contributed by atoms with E-state index in [2.05, 4.69) is 15.9 Å². The maximum Gasteiger partial charge on any atom is 0.133 e. The summed E-state index contributed by atoms with van der Waals surface area (Å²) in [6.07, 6.45) is 7.24. The maximum absolute atomic E-state index is 6.20. The van der Waals surface area contributed by atoms with E-state index in [1.165, 1.54) is 25.7 Å². The highest BCUT2D eigenvalue weighted by molar-refractivity contribution is 9.10. The Morgan fingerprint density at radius 3 is 2.85 bits per heavy atom. The van der Waals surface area contributed by atoms with Crippen LogP contribution in [-0.4, -0.2) is 18.3 Å². The van der Waals surface area contributed by atoms with Crippen LogP contribution in [0.3, 0.4) is 0 Å². The van der Waals surface area contributed by atoms with E-state index >= 15 is 0 Å². The lowest BCUT2D eigenvalue weighted by atomic mass is 9.90. The van der Waals surface area contributed by atoms with Crippen LogP contribution < -0.4 is 4.74 Å². The van der Waals surface area contributed by atoms with Crippen LogP contribution in [0.4, 0.5) is 0 Å². The van der Waals surface area contributed by atoms with Crippen molar-refractivity contribution in [2.24, 2.45) is 0 Å². The Bertz CT molecular complexity index is 472. The molecular weight excluding hydrogens is 340 g/mol. The van der Waals surface area contributed by atoms with Gasteiger partial charge in [-0.25, -0.2) is 0 Å². The van der Waals surface area contributed by atoms with Crippen molar-refractivity contribution >= 4 is 27.5 Å². The topological polar surface area (TPSA) is 18.5 Å². The van der Waals surface area contributed by atoms with Gasteiger partial charge in [0.25, 0.3) is 0 Å². The Morgan fingerprint density at radius 2 is 2.15 bits per heavy atom. The highest BCUT2D eigenvalue weighted by atomic mass is 79.9. The predicted octanol–water partition coefficient (Wildman–Crippen LogP) is 5.06. The van der Waals surface area contributed by atoms with Crippen molar-refractivity contribution in [3.8, 4) is 5.75 Å². The van der Waals surface area contributed by atoms with Gasteiger partial charge in [-0.2, -0.15) is 0 Å². The second-order valence-electron chi connectivity index (χ2n) is 5.87. The van der Waals surface area contributed by atoms with E-state index < -0.39 is 0 Å². The van der Waals surface area contributed by atoms with Crippen LogP contribution in [0.2, 0.25) is 0 Å². The van der Waals surface area contributed by atoms with Crippen LogP contribution in [-0.2, 0) is 10.6 Å². The number of halogens is 2. The lowest BCUT2D eigenvalue weighted by Gasteiger charge is -2.38. The fourth-order valence-corrected chi connectivity index (χ4v) is 4.04. The van der Waals surface area contributed by atoms with Gasteiger partial charge in [0.2, 0.25) is 0 Å². The van der Waals surface area contributed by atoms with E-state index in [4.69, 9.17) is 21.1 Å². The first-order valence-electron chi connectivity index (χ1n) is 7.36. The highest BCUT2D eigenvalue weighted by Gasteiger charge is 2.40. The van der Waals surface area contributed by atoms with Gasteiger partial charge >= 0.3 is 0 Å². The van der Waals surface area contributed by atoms with E-state index in [9.17, 15) is 0 Å². The average molecular weight is 360 g/mol. The number of hydrogen-bond acceptors (Lipinski definition) is 2. The molecule has 1 aromatic carbocycles. The summed E-state index contributed by atoms with van der Waals surface area (Å²) in [5.74, 6) is 1.44. The molecule has 1 unspecified atom stereocenters. The molecule has 0 bridgehead atoms. The third-order valence-electron chi connectivity index (χ3n) is 4.41. The van der Waals surface area contributed by atoms with Crippen LogP contribution in [0.25, 0.3) is 0 Å². The zero-order valence-electron chi connectivity index (χ0n) is 11.5. The summed E-state index contributed by atoms with van der Waals surface area (Å²) >= 11 is 9.42. The zero-order chi connectivity index (χ0) is 14.0. The minimum absolute atomic E-state index is 0.103. The Morgan fingerprint density at radius 1 is 1.35 bits per heavy atom. The van der Waals surface area contributed by atoms with Crippen LogP contribution in [0.1, 0.15) is 44.1 Å². The average Bonchev–Trinajstić information content (AvgIpc) is 2.89. The lowest BCUT2D eigenvalue weighted by Crippen LogP contribution is -2.41. The van der Waals surface area contributed by atoms with Crippen LogP contribution in [0.5, 0.6) is 5.75 Å². The molecule has 1 spiro atoms. The molecule has 1 aromatic rings. The smallest absolute Gasteiger partial charge is 0.133 e. The van der Waals surface area contributed by atoms with Gasteiger partial charge in [0.05, 0.1) is 16.7 Å². The molecule has 1 saturated heterocycles. The Balaban J connectivity index is 1.68. The minimum Gasteiger partial charge on any atom is -0.489 e. The summed E-state index contributed by atoms with van der Waals surface area (Å²) in [6, 6.07) is 6.07.